The lowest BCUT2D eigenvalue weighted by atomic mass is 9.92. The molecule has 194 valence electrons. The van der Waals surface area contributed by atoms with Crippen molar-refractivity contribution in [1.82, 2.24) is 0 Å². The number of carboxylic acids is 1. The highest BCUT2D eigenvalue weighted by atomic mass is 16.5. The summed E-state index contributed by atoms with van der Waals surface area (Å²) in [6, 6.07) is 20.0. The third-order valence-electron chi connectivity index (χ3n) is 7.21. The van der Waals surface area contributed by atoms with E-state index >= 15 is 0 Å². The maximum atomic E-state index is 11.1. The second-order valence-corrected chi connectivity index (χ2v) is 9.89. The summed E-state index contributed by atoms with van der Waals surface area (Å²) in [6.45, 7) is 5.47. The number of rotatable bonds is 8. The van der Waals surface area contributed by atoms with E-state index in [1.807, 2.05) is 30.3 Å². The van der Waals surface area contributed by atoms with Crippen molar-refractivity contribution in [3.05, 3.63) is 94.9 Å². The number of aliphatic carboxylic acids is 1. The molecule has 2 aliphatic rings. The maximum absolute atomic E-state index is 11.1. The molecule has 0 unspecified atom stereocenters. The number of furan rings is 1. The van der Waals surface area contributed by atoms with Crippen LogP contribution in [0, 0.1) is 13.8 Å². The van der Waals surface area contributed by atoms with Crippen LogP contribution in [0.5, 0.6) is 17.2 Å². The molecule has 0 saturated heterocycles. The molecule has 2 atom stereocenters. The minimum absolute atomic E-state index is 0.0178. The van der Waals surface area contributed by atoms with Gasteiger partial charge in [-0.15, -0.1) is 0 Å². The second-order valence-electron chi connectivity index (χ2n) is 9.89. The van der Waals surface area contributed by atoms with Gasteiger partial charge in [0.15, 0.2) is 0 Å². The fourth-order valence-corrected chi connectivity index (χ4v) is 5.49. The fraction of sp³-hybridized carbons (Fsp3) is 0.258. The zero-order valence-corrected chi connectivity index (χ0v) is 21.3. The van der Waals surface area contributed by atoms with Crippen molar-refractivity contribution in [2.45, 2.75) is 38.8 Å². The predicted molar refractivity (Wildman–Crippen MR) is 143 cm³/mol. The predicted octanol–water partition coefficient (Wildman–Crippen LogP) is 6.64. The van der Waals surface area contributed by atoms with Crippen molar-refractivity contribution in [1.29, 1.82) is 0 Å². The zero-order valence-electron chi connectivity index (χ0n) is 21.3. The van der Waals surface area contributed by atoms with Crippen LogP contribution in [0.4, 0.5) is 5.69 Å². The summed E-state index contributed by atoms with van der Waals surface area (Å²) in [7, 11) is 0. The molecule has 3 aromatic carbocycles. The SMILES string of the molecule is Cc1cc(OCc2ccco2)cc(C)c1-c1cccc2c1OC[C@H]2Nc1ccc2c(c1)OC[C@H]2CC(=O)O. The average Bonchev–Trinajstić information content (AvgIpc) is 3.64. The van der Waals surface area contributed by atoms with Gasteiger partial charge in [-0.05, 0) is 60.9 Å². The number of hydrogen-bond acceptors (Lipinski definition) is 6. The molecule has 0 amide bonds. The van der Waals surface area contributed by atoms with E-state index in [0.717, 1.165) is 62.1 Å². The van der Waals surface area contributed by atoms with E-state index in [2.05, 4.69) is 49.5 Å². The Morgan fingerprint density at radius 3 is 2.61 bits per heavy atom. The Bertz CT molecular complexity index is 1470. The van der Waals surface area contributed by atoms with Crippen LogP contribution >= 0.6 is 0 Å². The fourth-order valence-electron chi connectivity index (χ4n) is 5.49. The number of hydrogen-bond donors (Lipinski definition) is 2. The molecule has 0 spiro atoms. The molecule has 38 heavy (non-hydrogen) atoms. The molecule has 1 aromatic heterocycles. The first-order chi connectivity index (χ1) is 18.5. The number of fused-ring (bicyclic) bond motifs is 2. The van der Waals surface area contributed by atoms with Crippen LogP contribution in [-0.2, 0) is 11.4 Å². The van der Waals surface area contributed by atoms with Gasteiger partial charge < -0.3 is 29.1 Å². The van der Waals surface area contributed by atoms with Crippen LogP contribution in [0.25, 0.3) is 11.1 Å². The molecule has 0 aliphatic carbocycles. The average molecular weight is 512 g/mol. The normalized spacial score (nSPS) is 17.3. The van der Waals surface area contributed by atoms with E-state index in [1.54, 1.807) is 6.26 Å². The Labute approximate surface area is 221 Å². The van der Waals surface area contributed by atoms with Crippen LogP contribution in [0.15, 0.2) is 71.3 Å². The number of carboxylic acid groups (broad SMARTS) is 1. The molecule has 7 heteroatoms. The molecule has 6 rings (SSSR count). The van der Waals surface area contributed by atoms with E-state index in [-0.39, 0.29) is 18.4 Å². The Morgan fingerprint density at radius 1 is 1.00 bits per heavy atom. The van der Waals surface area contributed by atoms with Gasteiger partial charge in [-0.1, -0.05) is 24.3 Å². The summed E-state index contributed by atoms with van der Waals surface area (Å²) in [5.41, 5.74) is 7.39. The summed E-state index contributed by atoms with van der Waals surface area (Å²) in [6.07, 6.45) is 1.72. The zero-order chi connectivity index (χ0) is 26.2. The molecule has 2 N–H and O–H groups in total. The largest absolute Gasteiger partial charge is 0.493 e. The third kappa shape index (κ3) is 4.56. The van der Waals surface area contributed by atoms with Crippen LogP contribution in [-0.4, -0.2) is 24.3 Å². The molecule has 0 radical (unpaired) electrons. The number of aryl methyl sites for hydroxylation is 2. The topological polar surface area (TPSA) is 90.2 Å². The van der Waals surface area contributed by atoms with Gasteiger partial charge in [-0.2, -0.15) is 0 Å². The summed E-state index contributed by atoms with van der Waals surface area (Å²) in [4.78, 5) is 11.1. The minimum Gasteiger partial charge on any atom is -0.493 e. The maximum Gasteiger partial charge on any atom is 0.304 e. The van der Waals surface area contributed by atoms with E-state index in [4.69, 9.17) is 23.7 Å². The van der Waals surface area contributed by atoms with E-state index < -0.39 is 5.97 Å². The lowest BCUT2D eigenvalue weighted by Gasteiger charge is -2.17. The first kappa shape index (κ1) is 24.0. The van der Waals surface area contributed by atoms with Gasteiger partial charge in [0.05, 0.1) is 25.3 Å². The van der Waals surface area contributed by atoms with Crippen molar-refractivity contribution in [3.8, 4) is 28.4 Å². The van der Waals surface area contributed by atoms with Crippen LogP contribution in [0.1, 0.15) is 46.4 Å². The standard InChI is InChI=1S/C31H29NO6/c1-18-11-23(36-16-22-5-4-10-35-22)12-19(2)30(18)26-7-3-6-25-27(17-38-31(25)26)32-21-8-9-24-20(13-29(33)34)15-37-28(24)14-21/h3-12,14,20,27,32H,13,15-17H2,1-2H3,(H,33,34)/t20-,27-/m1/s1. The van der Waals surface area contributed by atoms with Gasteiger partial charge in [0.1, 0.15) is 36.2 Å². The molecule has 7 nitrogen and oxygen atoms in total. The van der Waals surface area contributed by atoms with Crippen molar-refractivity contribution in [2.24, 2.45) is 0 Å². The molecule has 0 saturated carbocycles. The van der Waals surface area contributed by atoms with Gasteiger partial charge in [-0.25, -0.2) is 0 Å². The lowest BCUT2D eigenvalue weighted by molar-refractivity contribution is -0.137. The van der Waals surface area contributed by atoms with Crippen LogP contribution in [0.3, 0.4) is 0 Å². The number of nitrogens with one attached hydrogen (secondary N) is 1. The first-order valence-corrected chi connectivity index (χ1v) is 12.7. The first-order valence-electron chi connectivity index (χ1n) is 12.7. The van der Waals surface area contributed by atoms with Gasteiger partial charge in [0.2, 0.25) is 0 Å². The Hall–Kier alpha value is -4.39. The highest BCUT2D eigenvalue weighted by Gasteiger charge is 2.30. The summed E-state index contributed by atoms with van der Waals surface area (Å²) >= 11 is 0. The quantitative estimate of drug-likeness (QED) is 0.274. The Kier molecular flexibility index (Phi) is 6.19. The minimum atomic E-state index is -0.814. The van der Waals surface area contributed by atoms with Gasteiger partial charge in [0, 0.05) is 34.4 Å². The monoisotopic (exact) mass is 511 g/mol. The third-order valence-corrected chi connectivity index (χ3v) is 7.21. The van der Waals surface area contributed by atoms with Crippen molar-refractivity contribution in [3.63, 3.8) is 0 Å². The summed E-state index contributed by atoms with van der Waals surface area (Å²) in [5, 5.41) is 12.7. The molecule has 3 heterocycles. The Morgan fingerprint density at radius 2 is 1.84 bits per heavy atom. The molecule has 0 fully saturated rings. The number of carbonyl (C=O) groups is 1. The molecule has 0 bridgehead atoms. The number of anilines is 1. The number of para-hydroxylation sites is 1. The van der Waals surface area contributed by atoms with Gasteiger partial charge in [-0.3, -0.25) is 4.79 Å². The van der Waals surface area contributed by atoms with Gasteiger partial charge >= 0.3 is 5.97 Å². The smallest absolute Gasteiger partial charge is 0.304 e. The summed E-state index contributed by atoms with van der Waals surface area (Å²) in [5.74, 6) is 2.30. The second kappa shape index (κ2) is 9.82. The van der Waals surface area contributed by atoms with E-state index in [0.29, 0.717) is 19.8 Å². The van der Waals surface area contributed by atoms with E-state index in [1.165, 1.54) is 0 Å². The van der Waals surface area contributed by atoms with Crippen LogP contribution < -0.4 is 19.5 Å². The van der Waals surface area contributed by atoms with Crippen molar-refractivity contribution >= 4 is 11.7 Å². The number of ether oxygens (including phenoxy) is 3. The van der Waals surface area contributed by atoms with Crippen molar-refractivity contribution < 1.29 is 28.5 Å². The summed E-state index contributed by atoms with van der Waals surface area (Å²) < 4.78 is 23.4. The van der Waals surface area contributed by atoms with Crippen molar-refractivity contribution in [2.75, 3.05) is 18.5 Å². The highest BCUT2D eigenvalue weighted by Crippen LogP contribution is 2.45. The van der Waals surface area contributed by atoms with Crippen LogP contribution in [0.2, 0.25) is 0 Å². The van der Waals surface area contributed by atoms with E-state index in [9.17, 15) is 4.79 Å². The number of benzene rings is 3. The Balaban J connectivity index is 1.22. The molecular weight excluding hydrogens is 482 g/mol. The molecule has 2 aliphatic heterocycles. The molecule has 4 aromatic rings. The highest BCUT2D eigenvalue weighted by molar-refractivity contribution is 5.79. The lowest BCUT2D eigenvalue weighted by Crippen LogP contribution is -2.11. The van der Waals surface area contributed by atoms with Gasteiger partial charge in [0.25, 0.3) is 0 Å². The molecular formula is C31H29NO6.